The lowest BCUT2D eigenvalue weighted by molar-refractivity contribution is 0.783. The first kappa shape index (κ1) is 4.83. The van der Waals surface area contributed by atoms with Crippen LogP contribution < -0.4 is 11.0 Å². The minimum atomic E-state index is 0.317. The molecule has 0 atom stereocenters. The first-order chi connectivity index (χ1) is 3.79. The van der Waals surface area contributed by atoms with E-state index in [2.05, 4.69) is 33.6 Å². The smallest absolute Gasteiger partial charge is 0.127 e. The van der Waals surface area contributed by atoms with Crippen molar-refractivity contribution < 1.29 is 0 Å². The van der Waals surface area contributed by atoms with Gasteiger partial charge in [0.15, 0.2) is 11.0 Å². The second-order valence-corrected chi connectivity index (χ2v) is 1.23. The van der Waals surface area contributed by atoms with Crippen molar-refractivity contribution in [1.29, 1.82) is 0 Å². The highest BCUT2D eigenvalue weighted by molar-refractivity contribution is 4.83. The molecule has 8 heavy (non-hydrogen) atoms. The molecule has 0 saturated heterocycles. The van der Waals surface area contributed by atoms with Gasteiger partial charge in [-0.15, -0.1) is 20.4 Å². The molecule has 4 heteroatoms. The van der Waals surface area contributed by atoms with Crippen LogP contribution in [0.25, 0.3) is 13.2 Å². The van der Waals surface area contributed by atoms with E-state index in [0.717, 1.165) is 0 Å². The van der Waals surface area contributed by atoms with Crippen molar-refractivity contribution in [1.82, 2.24) is 20.4 Å². The second kappa shape index (κ2) is 1.65. The molecule has 0 aromatic carbocycles. The van der Waals surface area contributed by atoms with Crippen molar-refractivity contribution in [3.05, 3.63) is 11.0 Å². The molecule has 0 aliphatic heterocycles. The summed E-state index contributed by atoms with van der Waals surface area (Å²) < 4.78 is 0. The van der Waals surface area contributed by atoms with E-state index in [-0.39, 0.29) is 0 Å². The van der Waals surface area contributed by atoms with Gasteiger partial charge >= 0.3 is 0 Å². The summed E-state index contributed by atoms with van der Waals surface area (Å²) in [5, 5.41) is 13.9. The average molecular weight is 108 g/mol. The molecule has 0 radical (unpaired) electrons. The molecule has 0 N–H and O–H groups in total. The highest BCUT2D eigenvalue weighted by atomic mass is 15.3. The van der Waals surface area contributed by atoms with Crippen LogP contribution in [0.5, 0.6) is 0 Å². The van der Waals surface area contributed by atoms with Gasteiger partial charge in [0, 0.05) is 0 Å². The van der Waals surface area contributed by atoms with E-state index in [1.807, 2.05) is 0 Å². The molecule has 1 aromatic heterocycles. The predicted octanol–water partition coefficient (Wildman–Crippen LogP) is -1.91. The summed E-state index contributed by atoms with van der Waals surface area (Å²) in [4.78, 5) is 0. The van der Waals surface area contributed by atoms with E-state index in [4.69, 9.17) is 0 Å². The highest BCUT2D eigenvalue weighted by Crippen LogP contribution is 1.31. The van der Waals surface area contributed by atoms with E-state index < -0.39 is 0 Å². The number of rotatable bonds is 0. The van der Waals surface area contributed by atoms with E-state index in [0.29, 0.717) is 11.0 Å². The van der Waals surface area contributed by atoms with Crippen LogP contribution in [0.2, 0.25) is 0 Å². The summed E-state index contributed by atoms with van der Waals surface area (Å²) in [7, 11) is 0. The van der Waals surface area contributed by atoms with Crippen LogP contribution in [0, 0.1) is 0 Å². The Morgan fingerprint density at radius 2 is 1.00 bits per heavy atom. The van der Waals surface area contributed by atoms with Crippen LogP contribution in [0.1, 0.15) is 0 Å². The van der Waals surface area contributed by atoms with E-state index in [1.165, 1.54) is 0 Å². The molecule has 1 heterocycles. The van der Waals surface area contributed by atoms with Crippen LogP contribution in [0.4, 0.5) is 0 Å². The molecule has 4 nitrogen and oxygen atoms in total. The Morgan fingerprint density at radius 3 is 1.25 bits per heavy atom. The first-order valence-electron chi connectivity index (χ1n) is 2.00. The summed E-state index contributed by atoms with van der Waals surface area (Å²) in [5.41, 5.74) is 0.634. The third-order valence-corrected chi connectivity index (χ3v) is 0.562. The fourth-order valence-electron chi connectivity index (χ4n) is 0.271. The molecular weight excluding hydrogens is 104 g/mol. The normalized spacial score (nSPS) is 9.00. The largest absolute Gasteiger partial charge is 0.189 e. The van der Waals surface area contributed by atoms with Gasteiger partial charge in [0.25, 0.3) is 0 Å². The van der Waals surface area contributed by atoms with Gasteiger partial charge in [0.1, 0.15) is 0 Å². The molecular formula is C4H4N4. The van der Waals surface area contributed by atoms with Crippen molar-refractivity contribution in [2.45, 2.75) is 0 Å². The minimum absolute atomic E-state index is 0.317. The van der Waals surface area contributed by atoms with E-state index >= 15 is 0 Å². The summed E-state index contributed by atoms with van der Waals surface area (Å²) in [6.07, 6.45) is 0. The second-order valence-electron chi connectivity index (χ2n) is 1.23. The number of hydrogen-bond donors (Lipinski definition) is 0. The topological polar surface area (TPSA) is 51.6 Å². The molecule has 0 unspecified atom stereocenters. The maximum Gasteiger partial charge on any atom is 0.189 e. The highest BCUT2D eigenvalue weighted by Gasteiger charge is 1.74. The first-order valence-corrected chi connectivity index (χ1v) is 2.00. The fraction of sp³-hybridized carbons (Fsp3) is 0. The zero-order valence-electron chi connectivity index (χ0n) is 4.20. The van der Waals surface area contributed by atoms with Crippen molar-refractivity contribution in [3.63, 3.8) is 0 Å². The Hall–Kier alpha value is -1.32. The molecule has 0 amide bonds. The molecule has 1 aromatic rings. The Kier molecular flexibility index (Phi) is 0.997. The van der Waals surface area contributed by atoms with E-state index in [9.17, 15) is 0 Å². The van der Waals surface area contributed by atoms with Gasteiger partial charge in [-0.2, -0.15) is 0 Å². The standard InChI is InChI=1S/C4H4N4/c1-3-5-7-4(2)8-6-3/h1-2H2. The Morgan fingerprint density at radius 1 is 0.750 bits per heavy atom. The van der Waals surface area contributed by atoms with Crippen molar-refractivity contribution in [3.8, 4) is 0 Å². The maximum atomic E-state index is 3.48. The number of nitrogens with zero attached hydrogens (tertiary/aromatic N) is 4. The lowest BCUT2D eigenvalue weighted by Gasteiger charge is -1.75. The number of hydrogen-bond acceptors (Lipinski definition) is 4. The third-order valence-electron chi connectivity index (χ3n) is 0.562. The summed E-state index contributed by atoms with van der Waals surface area (Å²) in [6, 6.07) is 0. The monoisotopic (exact) mass is 108 g/mol. The molecule has 0 aliphatic carbocycles. The molecule has 1 rings (SSSR count). The SMILES string of the molecule is C=c1nnc(=C)nn1. The molecule has 0 saturated carbocycles. The summed E-state index contributed by atoms with van der Waals surface area (Å²) in [6.45, 7) is 6.77. The Bertz CT molecular complexity index is 215. The lowest BCUT2D eigenvalue weighted by Crippen LogP contribution is -2.23. The predicted molar refractivity (Wildman–Crippen MR) is 27.9 cm³/mol. The van der Waals surface area contributed by atoms with Crippen molar-refractivity contribution >= 4 is 13.2 Å². The third kappa shape index (κ3) is 0.841. The van der Waals surface area contributed by atoms with Gasteiger partial charge in [-0.05, 0) is 0 Å². The van der Waals surface area contributed by atoms with Crippen LogP contribution in [-0.4, -0.2) is 20.4 Å². The van der Waals surface area contributed by atoms with Crippen LogP contribution in [0.3, 0.4) is 0 Å². The van der Waals surface area contributed by atoms with Gasteiger partial charge in [0.2, 0.25) is 0 Å². The van der Waals surface area contributed by atoms with Crippen LogP contribution >= 0.6 is 0 Å². The molecule has 0 fully saturated rings. The minimum Gasteiger partial charge on any atom is -0.127 e. The lowest BCUT2D eigenvalue weighted by atomic mass is 10.9. The zero-order chi connectivity index (χ0) is 5.98. The van der Waals surface area contributed by atoms with Gasteiger partial charge in [0.05, 0.1) is 0 Å². The van der Waals surface area contributed by atoms with Gasteiger partial charge < -0.3 is 0 Å². The van der Waals surface area contributed by atoms with E-state index in [1.54, 1.807) is 0 Å². The summed E-state index contributed by atoms with van der Waals surface area (Å²) in [5.74, 6) is 0. The Labute approximate surface area is 45.6 Å². The van der Waals surface area contributed by atoms with Gasteiger partial charge in [-0.3, -0.25) is 0 Å². The van der Waals surface area contributed by atoms with Gasteiger partial charge in [-0.1, -0.05) is 13.2 Å². The van der Waals surface area contributed by atoms with Gasteiger partial charge in [-0.25, -0.2) is 0 Å². The average Bonchev–Trinajstić information content (AvgIpc) is 1.77. The van der Waals surface area contributed by atoms with Crippen LogP contribution in [-0.2, 0) is 0 Å². The van der Waals surface area contributed by atoms with Crippen molar-refractivity contribution in [2.24, 2.45) is 0 Å². The zero-order valence-corrected chi connectivity index (χ0v) is 4.20. The van der Waals surface area contributed by atoms with Crippen molar-refractivity contribution in [2.75, 3.05) is 0 Å². The number of aromatic nitrogens is 4. The van der Waals surface area contributed by atoms with Crippen LogP contribution in [0.15, 0.2) is 0 Å². The molecule has 0 bridgehead atoms. The summed E-state index contributed by atoms with van der Waals surface area (Å²) >= 11 is 0. The fourth-order valence-corrected chi connectivity index (χ4v) is 0.271. The molecule has 0 spiro atoms. The maximum absolute atomic E-state index is 3.48. The molecule has 40 valence electrons. The molecule has 0 aliphatic rings. The Balaban J connectivity index is 3.44. The quantitative estimate of drug-likeness (QED) is 0.389.